The van der Waals surface area contributed by atoms with Gasteiger partial charge in [-0.2, -0.15) is 0 Å². The number of rotatable bonds is 7. The van der Waals surface area contributed by atoms with Gasteiger partial charge < -0.3 is 13.3 Å². The van der Waals surface area contributed by atoms with Crippen LogP contribution in [0.3, 0.4) is 0 Å². The van der Waals surface area contributed by atoms with E-state index in [4.69, 9.17) is 13.3 Å². The van der Waals surface area contributed by atoms with Crippen LogP contribution in [0.15, 0.2) is 12.7 Å². The highest BCUT2D eigenvalue weighted by Gasteiger charge is 2.43. The van der Waals surface area contributed by atoms with E-state index in [0.717, 1.165) is 0 Å². The van der Waals surface area contributed by atoms with Crippen molar-refractivity contribution in [1.29, 1.82) is 0 Å². The molecule has 7 heteroatoms. The van der Waals surface area contributed by atoms with E-state index in [1.807, 2.05) is 13.1 Å². The fourth-order valence-corrected chi connectivity index (χ4v) is 7.87. The number of carbonyl (C=O) groups is 1. The molecule has 112 valence electrons. The van der Waals surface area contributed by atoms with Crippen molar-refractivity contribution >= 4 is 30.9 Å². The van der Waals surface area contributed by atoms with Crippen LogP contribution < -0.4 is 0 Å². The molecule has 0 aromatic heterocycles. The molecule has 19 heavy (non-hydrogen) atoms. The maximum absolute atomic E-state index is 11.5. The van der Waals surface area contributed by atoms with Crippen LogP contribution >= 0.6 is 0 Å². The molecule has 0 amide bonds. The Bertz CT molecular complexity index is 313. The van der Waals surface area contributed by atoms with Crippen LogP contribution in [0.25, 0.3) is 0 Å². The summed E-state index contributed by atoms with van der Waals surface area (Å²) in [4.78, 5) is 11.5. The van der Waals surface area contributed by atoms with Crippen molar-refractivity contribution in [2.75, 3.05) is 0 Å². The highest BCUT2D eigenvalue weighted by molar-refractivity contribution is 6.78. The molecular weight excluding hydrogens is 292 g/mol. The number of hydrogen-bond donors (Lipinski definition) is 0. The summed E-state index contributed by atoms with van der Waals surface area (Å²) in [5.74, 6) is -0.810. The van der Waals surface area contributed by atoms with E-state index in [2.05, 4.69) is 45.9 Å². The zero-order valence-electron chi connectivity index (χ0n) is 13.5. The summed E-state index contributed by atoms with van der Waals surface area (Å²) in [5.41, 5.74) is 0. The Kier molecular flexibility index (Phi) is 6.41. The van der Waals surface area contributed by atoms with Gasteiger partial charge in [0.2, 0.25) is 0 Å². The predicted octanol–water partition coefficient (Wildman–Crippen LogP) is 3.49. The van der Waals surface area contributed by atoms with Gasteiger partial charge in [-0.05, 0) is 52.4 Å². The number of hydrogen-bond acceptors (Lipinski definition) is 4. The van der Waals surface area contributed by atoms with E-state index >= 15 is 0 Å². The van der Waals surface area contributed by atoms with E-state index in [1.165, 1.54) is 6.08 Å². The van der Waals surface area contributed by atoms with Crippen LogP contribution in [-0.2, 0) is 18.1 Å². The lowest BCUT2D eigenvalue weighted by molar-refractivity contribution is -0.131. The molecule has 0 N–H and O–H groups in total. The lowest BCUT2D eigenvalue weighted by atomic mass is 10.7. The predicted molar refractivity (Wildman–Crippen MR) is 86.4 cm³/mol. The zero-order chi connectivity index (χ0) is 15.5. The summed E-state index contributed by atoms with van der Waals surface area (Å²) in [6.07, 6.45) is 1.19. The van der Waals surface area contributed by atoms with Crippen molar-refractivity contribution in [2.45, 2.75) is 58.3 Å². The summed E-state index contributed by atoms with van der Waals surface area (Å²) in [6, 6.07) is 0. The Hall–Kier alpha value is -0.219. The maximum atomic E-state index is 11.5. The molecule has 0 atom stereocenters. The van der Waals surface area contributed by atoms with Crippen LogP contribution in [0, 0.1) is 0 Å². The molecule has 0 bridgehead atoms. The quantitative estimate of drug-likeness (QED) is 0.409. The third kappa shape index (κ3) is 8.53. The molecular formula is C12H28O4Si3. The normalized spacial score (nSPS) is 13.5. The molecule has 0 aliphatic carbocycles. The molecule has 0 saturated carbocycles. The third-order valence-corrected chi connectivity index (χ3v) is 6.43. The Morgan fingerprint density at radius 2 is 1.32 bits per heavy atom. The van der Waals surface area contributed by atoms with Gasteiger partial charge >= 0.3 is 14.3 Å². The van der Waals surface area contributed by atoms with Crippen molar-refractivity contribution in [3.8, 4) is 0 Å². The van der Waals surface area contributed by atoms with Crippen LogP contribution in [0.4, 0.5) is 0 Å². The van der Waals surface area contributed by atoms with Crippen molar-refractivity contribution in [1.82, 2.24) is 0 Å². The summed E-state index contributed by atoms with van der Waals surface area (Å²) in [7, 11) is -5.98. The minimum Gasteiger partial charge on any atom is -0.511 e. The monoisotopic (exact) mass is 320 g/mol. The Morgan fingerprint density at radius 3 is 1.58 bits per heavy atom. The molecule has 0 unspecified atom stereocenters. The van der Waals surface area contributed by atoms with Crippen molar-refractivity contribution in [3.05, 3.63) is 12.7 Å². The molecule has 0 aliphatic heterocycles. The standard InChI is InChI=1S/C12H28O4Si3/c1-10-11(13)14-19(8,9)12(15-17(2,3)4)16-18(5,6)7/h10,12H,1H2,2-9H3. The smallest absolute Gasteiger partial charge is 0.316 e. The van der Waals surface area contributed by atoms with Gasteiger partial charge in [-0.3, -0.25) is 0 Å². The van der Waals surface area contributed by atoms with Crippen LogP contribution in [0.2, 0.25) is 52.4 Å². The molecule has 0 saturated heterocycles. The Morgan fingerprint density at radius 1 is 0.947 bits per heavy atom. The van der Waals surface area contributed by atoms with E-state index in [1.54, 1.807) is 0 Å². The molecule has 0 rings (SSSR count). The second-order valence-electron chi connectivity index (χ2n) is 7.02. The summed E-state index contributed by atoms with van der Waals surface area (Å²) in [6.45, 7) is 20.0. The lowest BCUT2D eigenvalue weighted by Gasteiger charge is -2.38. The molecule has 0 fully saturated rings. The van der Waals surface area contributed by atoms with Gasteiger partial charge in [0.25, 0.3) is 0 Å². The molecule has 0 spiro atoms. The minimum atomic E-state index is -2.43. The zero-order valence-corrected chi connectivity index (χ0v) is 16.5. The second kappa shape index (κ2) is 6.49. The Balaban J connectivity index is 5.09. The molecule has 0 radical (unpaired) electrons. The average Bonchev–Trinajstić information content (AvgIpc) is 2.11. The fourth-order valence-electron chi connectivity index (χ4n) is 1.30. The maximum Gasteiger partial charge on any atom is 0.316 e. The largest absolute Gasteiger partial charge is 0.511 e. The lowest BCUT2D eigenvalue weighted by Crippen LogP contribution is -2.56. The molecule has 0 aliphatic rings. The second-order valence-corrected chi connectivity index (χ2v) is 19.8. The van der Waals surface area contributed by atoms with Gasteiger partial charge in [0, 0.05) is 6.08 Å². The van der Waals surface area contributed by atoms with E-state index in [9.17, 15) is 4.79 Å². The highest BCUT2D eigenvalue weighted by Crippen LogP contribution is 2.23. The molecule has 0 aromatic rings. The first-order chi connectivity index (χ1) is 8.27. The van der Waals surface area contributed by atoms with E-state index < -0.39 is 36.8 Å². The van der Waals surface area contributed by atoms with Gasteiger partial charge in [0.15, 0.2) is 22.5 Å². The first-order valence-electron chi connectivity index (χ1n) is 6.48. The fraction of sp³-hybridized carbons (Fsp3) is 0.750. The van der Waals surface area contributed by atoms with E-state index in [-0.39, 0.29) is 0 Å². The van der Waals surface area contributed by atoms with Gasteiger partial charge in [-0.25, -0.2) is 4.79 Å². The highest BCUT2D eigenvalue weighted by atomic mass is 28.4. The van der Waals surface area contributed by atoms with Crippen molar-refractivity contribution in [2.24, 2.45) is 0 Å². The van der Waals surface area contributed by atoms with Gasteiger partial charge in [0.1, 0.15) is 0 Å². The van der Waals surface area contributed by atoms with Gasteiger partial charge in [-0.1, -0.05) is 6.58 Å². The molecule has 0 heterocycles. The first kappa shape index (κ1) is 18.8. The van der Waals surface area contributed by atoms with Gasteiger partial charge in [0.05, 0.1) is 0 Å². The Labute approximate surface area is 120 Å². The molecule has 4 nitrogen and oxygen atoms in total. The van der Waals surface area contributed by atoms with Crippen LogP contribution in [0.1, 0.15) is 0 Å². The van der Waals surface area contributed by atoms with Gasteiger partial charge in [-0.15, -0.1) is 0 Å². The SMILES string of the molecule is C=CC(=O)O[Si](C)(C)C(O[Si](C)(C)C)O[Si](C)(C)C. The van der Waals surface area contributed by atoms with Crippen LogP contribution in [0.5, 0.6) is 0 Å². The summed E-state index contributed by atoms with van der Waals surface area (Å²) < 4.78 is 17.8. The molecule has 0 aromatic carbocycles. The minimum absolute atomic E-state index is 0.403. The average molecular weight is 321 g/mol. The van der Waals surface area contributed by atoms with Crippen LogP contribution in [-0.4, -0.2) is 36.8 Å². The van der Waals surface area contributed by atoms with E-state index in [0.29, 0.717) is 0 Å². The number of carbonyl (C=O) groups excluding carboxylic acids is 1. The first-order valence-corrected chi connectivity index (χ1v) is 16.3. The third-order valence-electron chi connectivity index (χ3n) is 2.02. The summed E-state index contributed by atoms with van der Waals surface area (Å²) >= 11 is 0. The van der Waals surface area contributed by atoms with Crippen molar-refractivity contribution in [3.63, 3.8) is 0 Å². The van der Waals surface area contributed by atoms with Crippen molar-refractivity contribution < 1.29 is 18.1 Å². The summed E-state index contributed by atoms with van der Waals surface area (Å²) in [5, 5.41) is 0. The topological polar surface area (TPSA) is 44.8 Å².